The molecule has 1 fully saturated rings. The summed E-state index contributed by atoms with van der Waals surface area (Å²) in [7, 11) is 0. The van der Waals surface area contributed by atoms with Crippen molar-refractivity contribution in [2.24, 2.45) is 5.92 Å². The Hall–Kier alpha value is -2.82. The van der Waals surface area contributed by atoms with Gasteiger partial charge in [0.1, 0.15) is 0 Å². The number of aryl methyl sites for hydroxylation is 1. The van der Waals surface area contributed by atoms with E-state index in [1.165, 1.54) is 12.8 Å². The Bertz CT molecular complexity index is 870. The van der Waals surface area contributed by atoms with Crippen LogP contribution in [0.1, 0.15) is 54.6 Å². The smallest absolute Gasteiger partial charge is 0.253 e. The fourth-order valence-corrected chi connectivity index (χ4v) is 3.68. The molecule has 2 amide bonds. The minimum absolute atomic E-state index is 0.0104. The number of hydrogen-bond donors (Lipinski definition) is 2. The molecule has 1 aliphatic rings. The van der Waals surface area contributed by atoms with E-state index in [9.17, 15) is 9.59 Å². The highest BCUT2D eigenvalue weighted by atomic mass is 16.2. The molecule has 0 spiro atoms. The van der Waals surface area contributed by atoms with E-state index in [0.29, 0.717) is 18.9 Å². The first-order chi connectivity index (χ1) is 13.9. The summed E-state index contributed by atoms with van der Waals surface area (Å²) in [5, 5.41) is 5.97. The van der Waals surface area contributed by atoms with Gasteiger partial charge in [-0.05, 0) is 55.5 Å². The molecule has 5 heteroatoms. The zero-order valence-electron chi connectivity index (χ0n) is 17.6. The van der Waals surface area contributed by atoms with Gasteiger partial charge in [0.2, 0.25) is 5.91 Å². The Balaban J connectivity index is 1.66. The number of carbonyl (C=O) groups is 2. The number of carbonyl (C=O) groups excluding carboxylic acids is 2. The monoisotopic (exact) mass is 393 g/mol. The quantitative estimate of drug-likeness (QED) is 0.728. The lowest BCUT2D eigenvalue weighted by atomic mass is 10.1. The lowest BCUT2D eigenvalue weighted by Crippen LogP contribution is -2.27. The van der Waals surface area contributed by atoms with Crippen LogP contribution in [-0.2, 0) is 11.3 Å². The van der Waals surface area contributed by atoms with E-state index < -0.39 is 0 Å². The SMILES string of the molecule is Cc1ccc(N2CCCC2)c(C(=O)NCc2cccc(NC(=O)CC(C)C)c2)c1. The van der Waals surface area contributed by atoms with Gasteiger partial charge >= 0.3 is 0 Å². The number of amides is 2. The van der Waals surface area contributed by atoms with Gasteiger partial charge in [-0.15, -0.1) is 0 Å². The number of rotatable bonds is 7. The predicted molar refractivity (Wildman–Crippen MR) is 118 cm³/mol. The molecule has 29 heavy (non-hydrogen) atoms. The second-order valence-corrected chi connectivity index (χ2v) is 8.24. The van der Waals surface area contributed by atoms with Crippen molar-refractivity contribution in [2.75, 3.05) is 23.3 Å². The van der Waals surface area contributed by atoms with Crippen molar-refractivity contribution in [3.63, 3.8) is 0 Å². The first-order valence-corrected chi connectivity index (χ1v) is 10.4. The highest BCUT2D eigenvalue weighted by Gasteiger charge is 2.19. The van der Waals surface area contributed by atoms with Crippen LogP contribution in [0.25, 0.3) is 0 Å². The lowest BCUT2D eigenvalue weighted by molar-refractivity contribution is -0.116. The van der Waals surface area contributed by atoms with E-state index in [1.54, 1.807) is 0 Å². The average molecular weight is 394 g/mol. The molecular weight excluding hydrogens is 362 g/mol. The standard InChI is InChI=1S/C24H31N3O2/c1-17(2)13-23(28)26-20-8-6-7-19(15-20)16-25-24(29)21-14-18(3)9-10-22(21)27-11-4-5-12-27/h6-10,14-15,17H,4-5,11-13,16H2,1-3H3,(H,25,29)(H,26,28). The summed E-state index contributed by atoms with van der Waals surface area (Å²) in [4.78, 5) is 27.2. The topological polar surface area (TPSA) is 61.4 Å². The molecule has 154 valence electrons. The molecule has 0 radical (unpaired) electrons. The Morgan fingerprint density at radius 3 is 2.55 bits per heavy atom. The number of nitrogens with one attached hydrogen (secondary N) is 2. The van der Waals surface area contributed by atoms with Crippen molar-refractivity contribution in [3.05, 3.63) is 59.2 Å². The van der Waals surface area contributed by atoms with Crippen molar-refractivity contribution in [1.82, 2.24) is 5.32 Å². The maximum Gasteiger partial charge on any atom is 0.253 e. The molecule has 2 aromatic carbocycles. The third kappa shape index (κ3) is 5.83. The summed E-state index contributed by atoms with van der Waals surface area (Å²) in [5.41, 5.74) is 4.54. The van der Waals surface area contributed by atoms with Gasteiger partial charge in [0.25, 0.3) is 5.91 Å². The zero-order chi connectivity index (χ0) is 20.8. The van der Waals surface area contributed by atoms with E-state index in [4.69, 9.17) is 0 Å². The van der Waals surface area contributed by atoms with E-state index in [0.717, 1.165) is 41.2 Å². The largest absolute Gasteiger partial charge is 0.371 e. The summed E-state index contributed by atoms with van der Waals surface area (Å²) in [6.45, 7) is 8.47. The summed E-state index contributed by atoms with van der Waals surface area (Å²) >= 11 is 0. The van der Waals surface area contributed by atoms with Gasteiger partial charge in [-0.25, -0.2) is 0 Å². The van der Waals surface area contributed by atoms with Gasteiger partial charge in [-0.2, -0.15) is 0 Å². The molecule has 1 heterocycles. The molecule has 3 rings (SSSR count). The first-order valence-electron chi connectivity index (χ1n) is 10.4. The molecular formula is C24H31N3O2. The van der Waals surface area contributed by atoms with Crippen LogP contribution in [0.15, 0.2) is 42.5 Å². The molecule has 0 aromatic heterocycles. The summed E-state index contributed by atoms with van der Waals surface area (Å²) < 4.78 is 0. The van der Waals surface area contributed by atoms with Gasteiger partial charge in [-0.3, -0.25) is 9.59 Å². The van der Waals surface area contributed by atoms with Crippen LogP contribution in [-0.4, -0.2) is 24.9 Å². The Morgan fingerprint density at radius 2 is 1.83 bits per heavy atom. The van der Waals surface area contributed by atoms with Crippen molar-refractivity contribution in [1.29, 1.82) is 0 Å². The maximum atomic E-state index is 12.9. The van der Waals surface area contributed by atoms with Crippen LogP contribution in [0.2, 0.25) is 0 Å². The molecule has 1 saturated heterocycles. The van der Waals surface area contributed by atoms with Crippen LogP contribution in [0.5, 0.6) is 0 Å². The third-order valence-corrected chi connectivity index (χ3v) is 5.10. The molecule has 1 aliphatic heterocycles. The first kappa shape index (κ1) is 20.9. The minimum atomic E-state index is -0.0650. The number of hydrogen-bond acceptors (Lipinski definition) is 3. The van der Waals surface area contributed by atoms with Crippen molar-refractivity contribution < 1.29 is 9.59 Å². The van der Waals surface area contributed by atoms with Gasteiger partial charge in [-0.1, -0.05) is 37.6 Å². The Kier molecular flexibility index (Phi) is 6.91. The van der Waals surface area contributed by atoms with Crippen LogP contribution in [0.4, 0.5) is 11.4 Å². The van der Waals surface area contributed by atoms with Crippen molar-refractivity contribution in [2.45, 2.75) is 46.6 Å². The van der Waals surface area contributed by atoms with Crippen LogP contribution >= 0.6 is 0 Å². The summed E-state index contributed by atoms with van der Waals surface area (Å²) in [6.07, 6.45) is 2.84. The van der Waals surface area contributed by atoms with E-state index in [1.807, 2.05) is 51.1 Å². The van der Waals surface area contributed by atoms with Crippen LogP contribution < -0.4 is 15.5 Å². The fourth-order valence-electron chi connectivity index (χ4n) is 3.68. The number of nitrogens with zero attached hydrogens (tertiary/aromatic N) is 1. The van der Waals surface area contributed by atoms with Crippen LogP contribution in [0, 0.1) is 12.8 Å². The van der Waals surface area contributed by atoms with Crippen molar-refractivity contribution >= 4 is 23.2 Å². The molecule has 2 aromatic rings. The third-order valence-electron chi connectivity index (χ3n) is 5.10. The average Bonchev–Trinajstić information content (AvgIpc) is 3.20. The predicted octanol–water partition coefficient (Wildman–Crippen LogP) is 4.51. The maximum absolute atomic E-state index is 12.9. The highest BCUT2D eigenvalue weighted by molar-refractivity contribution is 6.00. The molecule has 0 atom stereocenters. The number of benzene rings is 2. The van der Waals surface area contributed by atoms with Gasteiger partial charge in [0.15, 0.2) is 0 Å². The van der Waals surface area contributed by atoms with Crippen molar-refractivity contribution in [3.8, 4) is 0 Å². The molecule has 0 unspecified atom stereocenters. The van der Waals surface area contributed by atoms with Gasteiger partial charge < -0.3 is 15.5 Å². The lowest BCUT2D eigenvalue weighted by Gasteiger charge is -2.21. The Labute approximate surface area is 173 Å². The zero-order valence-corrected chi connectivity index (χ0v) is 17.6. The molecule has 0 aliphatic carbocycles. The molecule has 0 bridgehead atoms. The van der Waals surface area contributed by atoms with E-state index in [2.05, 4.69) is 27.7 Å². The summed E-state index contributed by atoms with van der Waals surface area (Å²) in [5.74, 6) is 0.262. The van der Waals surface area contributed by atoms with E-state index in [-0.39, 0.29) is 11.8 Å². The van der Waals surface area contributed by atoms with Gasteiger partial charge in [0, 0.05) is 37.4 Å². The molecule has 5 nitrogen and oxygen atoms in total. The fraction of sp³-hybridized carbons (Fsp3) is 0.417. The molecule has 2 N–H and O–H groups in total. The van der Waals surface area contributed by atoms with Crippen LogP contribution in [0.3, 0.4) is 0 Å². The highest BCUT2D eigenvalue weighted by Crippen LogP contribution is 2.26. The second-order valence-electron chi connectivity index (χ2n) is 8.24. The van der Waals surface area contributed by atoms with E-state index >= 15 is 0 Å². The molecule has 0 saturated carbocycles. The van der Waals surface area contributed by atoms with Gasteiger partial charge in [0.05, 0.1) is 5.56 Å². The Morgan fingerprint density at radius 1 is 1.07 bits per heavy atom. The minimum Gasteiger partial charge on any atom is -0.371 e. The second kappa shape index (κ2) is 9.59. The normalized spacial score (nSPS) is 13.6. The number of anilines is 2. The summed E-state index contributed by atoms with van der Waals surface area (Å²) in [6, 6.07) is 13.7.